The molecule has 1 aromatic rings. The van der Waals surface area contributed by atoms with Gasteiger partial charge < -0.3 is 8.17 Å². The van der Waals surface area contributed by atoms with E-state index in [4.69, 9.17) is 11.6 Å². The van der Waals surface area contributed by atoms with E-state index in [1.54, 1.807) is 24.3 Å². The molecule has 0 radical (unpaired) electrons. The standard InChI is InChI=1S/C8H6ClIO3/c9-6-4-2-1-3-5(6)7(11)8(12)13-10/h1-4,7,11H. The molecule has 0 saturated heterocycles. The van der Waals surface area contributed by atoms with Gasteiger partial charge in [-0.1, -0.05) is 29.8 Å². The maximum Gasteiger partial charge on any atom is 0.349 e. The Morgan fingerprint density at radius 1 is 1.54 bits per heavy atom. The summed E-state index contributed by atoms with van der Waals surface area (Å²) in [5.41, 5.74) is 0.353. The molecule has 1 rings (SSSR count). The van der Waals surface area contributed by atoms with E-state index >= 15 is 0 Å². The molecule has 1 aromatic carbocycles. The zero-order chi connectivity index (χ0) is 9.84. The number of aliphatic hydroxyl groups is 1. The molecule has 5 heteroatoms. The molecule has 0 bridgehead atoms. The van der Waals surface area contributed by atoms with Gasteiger partial charge in [0.1, 0.15) is 0 Å². The molecule has 0 aliphatic heterocycles. The van der Waals surface area contributed by atoms with Crippen molar-refractivity contribution in [3.8, 4) is 0 Å². The van der Waals surface area contributed by atoms with E-state index in [0.29, 0.717) is 10.6 Å². The molecule has 70 valence electrons. The highest BCUT2D eigenvalue weighted by molar-refractivity contribution is 14.1. The Kier molecular flexibility index (Phi) is 3.95. The van der Waals surface area contributed by atoms with Gasteiger partial charge in [0.25, 0.3) is 0 Å². The van der Waals surface area contributed by atoms with Crippen molar-refractivity contribution in [2.75, 3.05) is 0 Å². The zero-order valence-electron chi connectivity index (χ0n) is 6.41. The van der Waals surface area contributed by atoms with Crippen LogP contribution in [0.15, 0.2) is 24.3 Å². The van der Waals surface area contributed by atoms with Crippen molar-refractivity contribution >= 4 is 40.6 Å². The molecular weight excluding hydrogens is 306 g/mol. The number of hydrogen-bond donors (Lipinski definition) is 1. The maximum absolute atomic E-state index is 10.9. The third kappa shape index (κ3) is 2.55. The second-order valence-corrected chi connectivity index (χ2v) is 3.17. The fourth-order valence-corrected chi connectivity index (χ4v) is 1.35. The van der Waals surface area contributed by atoms with Crippen LogP contribution in [-0.2, 0) is 7.86 Å². The van der Waals surface area contributed by atoms with Gasteiger partial charge in [-0.3, -0.25) is 0 Å². The highest BCUT2D eigenvalue weighted by atomic mass is 127. The molecule has 0 aliphatic carbocycles. The number of halogens is 2. The summed E-state index contributed by atoms with van der Waals surface area (Å²) >= 11 is 7.16. The number of carbonyl (C=O) groups excluding carboxylic acids is 1. The first-order valence-corrected chi connectivity index (χ1v) is 4.67. The van der Waals surface area contributed by atoms with E-state index in [-0.39, 0.29) is 0 Å². The van der Waals surface area contributed by atoms with Gasteiger partial charge in [-0.2, -0.15) is 0 Å². The van der Waals surface area contributed by atoms with E-state index in [9.17, 15) is 9.90 Å². The highest BCUT2D eigenvalue weighted by Gasteiger charge is 2.20. The zero-order valence-corrected chi connectivity index (χ0v) is 9.32. The smallest absolute Gasteiger partial charge is 0.349 e. The largest absolute Gasteiger partial charge is 0.392 e. The number of aliphatic hydroxyl groups excluding tert-OH is 1. The minimum Gasteiger partial charge on any atom is -0.392 e. The van der Waals surface area contributed by atoms with Crippen LogP contribution in [0, 0.1) is 0 Å². The molecule has 0 amide bonds. The molecular formula is C8H6ClIO3. The van der Waals surface area contributed by atoms with Crippen LogP contribution in [0.5, 0.6) is 0 Å². The van der Waals surface area contributed by atoms with Crippen molar-refractivity contribution in [1.82, 2.24) is 0 Å². The van der Waals surface area contributed by atoms with Gasteiger partial charge in [0.15, 0.2) is 29.1 Å². The Labute approximate surface area is 94.3 Å². The number of carbonyl (C=O) groups is 1. The van der Waals surface area contributed by atoms with Crippen LogP contribution in [-0.4, -0.2) is 11.1 Å². The van der Waals surface area contributed by atoms with Crippen molar-refractivity contribution in [3.05, 3.63) is 34.9 Å². The van der Waals surface area contributed by atoms with Crippen LogP contribution >= 0.6 is 34.6 Å². The molecule has 0 saturated carbocycles. The number of benzene rings is 1. The SMILES string of the molecule is O=C(OI)C(O)c1ccccc1Cl. The summed E-state index contributed by atoms with van der Waals surface area (Å²) in [7, 11) is 0. The van der Waals surface area contributed by atoms with Crippen molar-refractivity contribution < 1.29 is 13.0 Å². The summed E-state index contributed by atoms with van der Waals surface area (Å²) in [6, 6.07) is 6.57. The molecule has 0 aliphatic rings. The molecule has 3 nitrogen and oxygen atoms in total. The molecule has 0 aromatic heterocycles. The number of rotatable bonds is 2. The van der Waals surface area contributed by atoms with Crippen molar-refractivity contribution in [2.45, 2.75) is 6.10 Å². The quantitative estimate of drug-likeness (QED) is 0.852. The van der Waals surface area contributed by atoms with E-state index < -0.39 is 12.1 Å². The van der Waals surface area contributed by atoms with E-state index in [0.717, 1.165) is 0 Å². The first kappa shape index (κ1) is 10.7. The van der Waals surface area contributed by atoms with Gasteiger partial charge in [0.2, 0.25) is 0 Å². The maximum atomic E-state index is 10.9. The van der Waals surface area contributed by atoms with E-state index in [2.05, 4.69) is 3.07 Å². The lowest BCUT2D eigenvalue weighted by atomic mass is 10.1. The second-order valence-electron chi connectivity index (χ2n) is 2.32. The van der Waals surface area contributed by atoms with Gasteiger partial charge >= 0.3 is 5.97 Å². The Morgan fingerprint density at radius 3 is 2.69 bits per heavy atom. The Hall–Kier alpha value is -0.330. The summed E-state index contributed by atoms with van der Waals surface area (Å²) in [4.78, 5) is 10.9. The topological polar surface area (TPSA) is 46.5 Å². The van der Waals surface area contributed by atoms with Gasteiger partial charge in [-0.25, -0.2) is 4.79 Å². The van der Waals surface area contributed by atoms with Crippen LogP contribution in [0.25, 0.3) is 0 Å². The van der Waals surface area contributed by atoms with Crippen LogP contribution in [0.2, 0.25) is 5.02 Å². The number of hydrogen-bond acceptors (Lipinski definition) is 3. The van der Waals surface area contributed by atoms with Crippen LogP contribution in [0.3, 0.4) is 0 Å². The minimum atomic E-state index is -1.31. The van der Waals surface area contributed by atoms with Crippen molar-refractivity contribution in [2.24, 2.45) is 0 Å². The first-order chi connectivity index (χ1) is 6.16. The summed E-state index contributed by atoms with van der Waals surface area (Å²) in [6.45, 7) is 0. The summed E-state index contributed by atoms with van der Waals surface area (Å²) < 4.78 is 4.34. The van der Waals surface area contributed by atoms with E-state index in [1.807, 2.05) is 0 Å². The molecule has 1 atom stereocenters. The summed E-state index contributed by atoms with van der Waals surface area (Å²) in [5, 5.41) is 9.75. The van der Waals surface area contributed by atoms with Gasteiger partial charge in [-0.15, -0.1) is 0 Å². The first-order valence-electron chi connectivity index (χ1n) is 3.41. The van der Waals surface area contributed by atoms with Crippen molar-refractivity contribution in [3.63, 3.8) is 0 Å². The molecule has 0 fully saturated rings. The lowest BCUT2D eigenvalue weighted by Gasteiger charge is -2.08. The van der Waals surface area contributed by atoms with Crippen LogP contribution in [0.4, 0.5) is 0 Å². The fourth-order valence-electron chi connectivity index (χ4n) is 0.866. The van der Waals surface area contributed by atoms with E-state index in [1.165, 1.54) is 23.0 Å². The molecule has 1 unspecified atom stereocenters. The highest BCUT2D eigenvalue weighted by Crippen LogP contribution is 2.23. The van der Waals surface area contributed by atoms with Gasteiger partial charge in [0, 0.05) is 10.6 Å². The van der Waals surface area contributed by atoms with Crippen LogP contribution < -0.4 is 0 Å². The molecule has 1 N–H and O–H groups in total. The third-order valence-electron chi connectivity index (χ3n) is 1.50. The predicted molar refractivity (Wildman–Crippen MR) is 56.5 cm³/mol. The lowest BCUT2D eigenvalue weighted by Crippen LogP contribution is -2.11. The van der Waals surface area contributed by atoms with Gasteiger partial charge in [-0.05, 0) is 6.07 Å². The Morgan fingerprint density at radius 2 is 2.15 bits per heavy atom. The van der Waals surface area contributed by atoms with Gasteiger partial charge in [0.05, 0.1) is 0 Å². The monoisotopic (exact) mass is 312 g/mol. The minimum absolute atomic E-state index is 0.344. The molecule has 13 heavy (non-hydrogen) atoms. The molecule has 0 spiro atoms. The fraction of sp³-hybridized carbons (Fsp3) is 0.125. The normalized spacial score (nSPS) is 12.2. The van der Waals surface area contributed by atoms with Crippen LogP contribution in [0.1, 0.15) is 11.7 Å². The second kappa shape index (κ2) is 4.78. The third-order valence-corrected chi connectivity index (χ3v) is 2.28. The average Bonchev–Trinajstić information content (AvgIpc) is 2.16. The molecule has 0 heterocycles. The predicted octanol–water partition coefficient (Wildman–Crippen LogP) is 2.27. The summed E-state index contributed by atoms with van der Waals surface area (Å²) in [6.07, 6.45) is -1.31. The summed E-state index contributed by atoms with van der Waals surface area (Å²) in [5.74, 6) is -0.728. The lowest BCUT2D eigenvalue weighted by molar-refractivity contribution is -0.140. The Bertz CT molecular complexity index is 316. The average molecular weight is 312 g/mol. The Balaban J connectivity index is 2.95. The van der Waals surface area contributed by atoms with Crippen molar-refractivity contribution in [1.29, 1.82) is 0 Å².